The summed E-state index contributed by atoms with van der Waals surface area (Å²) in [5.41, 5.74) is 3.40. The third-order valence-electron chi connectivity index (χ3n) is 6.40. The molecule has 2 atom stereocenters. The van der Waals surface area contributed by atoms with Gasteiger partial charge in [-0.1, -0.05) is 43.3 Å². The van der Waals surface area contributed by atoms with Crippen molar-refractivity contribution in [1.29, 1.82) is 0 Å². The Morgan fingerprint density at radius 2 is 1.68 bits per heavy atom. The van der Waals surface area contributed by atoms with Crippen molar-refractivity contribution in [1.82, 2.24) is 0 Å². The number of anilines is 2. The zero-order valence-corrected chi connectivity index (χ0v) is 19.8. The van der Waals surface area contributed by atoms with Crippen LogP contribution < -0.4 is 19.7 Å². The van der Waals surface area contributed by atoms with Gasteiger partial charge in [-0.3, -0.25) is 9.59 Å². The van der Waals surface area contributed by atoms with E-state index in [1.165, 1.54) is 0 Å². The minimum absolute atomic E-state index is 0.0286. The van der Waals surface area contributed by atoms with Gasteiger partial charge in [-0.2, -0.15) is 0 Å². The number of methoxy groups -OCH3 is 2. The van der Waals surface area contributed by atoms with Gasteiger partial charge in [0, 0.05) is 23.4 Å². The van der Waals surface area contributed by atoms with E-state index in [2.05, 4.69) is 12.2 Å². The SMILES string of the molecule is CCc1ccccc1NC(=O)C1CCC(=O)N(c2ccc(OC)cc2)C1c1ccccc1OC. The molecule has 2 amide bonds. The lowest BCUT2D eigenvalue weighted by molar-refractivity contribution is -0.126. The lowest BCUT2D eigenvalue weighted by Crippen LogP contribution is -2.47. The molecule has 1 aliphatic rings. The van der Waals surface area contributed by atoms with Crippen LogP contribution in [0.1, 0.15) is 36.9 Å². The normalized spacial score (nSPS) is 17.9. The third kappa shape index (κ3) is 4.62. The lowest BCUT2D eigenvalue weighted by Gasteiger charge is -2.41. The summed E-state index contributed by atoms with van der Waals surface area (Å²) >= 11 is 0. The lowest BCUT2D eigenvalue weighted by atomic mass is 9.82. The van der Waals surface area contributed by atoms with Gasteiger partial charge in [-0.15, -0.1) is 0 Å². The van der Waals surface area contributed by atoms with E-state index in [1.807, 2.05) is 72.8 Å². The fraction of sp³-hybridized carbons (Fsp3) is 0.286. The van der Waals surface area contributed by atoms with Gasteiger partial charge in [0.05, 0.1) is 26.2 Å². The molecule has 3 aromatic carbocycles. The minimum atomic E-state index is -0.514. The van der Waals surface area contributed by atoms with Gasteiger partial charge < -0.3 is 19.7 Å². The Labute approximate surface area is 200 Å². The molecule has 1 aliphatic heterocycles. The van der Waals surface area contributed by atoms with Crippen LogP contribution in [-0.2, 0) is 16.0 Å². The first-order valence-electron chi connectivity index (χ1n) is 11.5. The van der Waals surface area contributed by atoms with Crippen LogP contribution in [0, 0.1) is 5.92 Å². The maximum absolute atomic E-state index is 13.7. The molecule has 0 bridgehead atoms. The van der Waals surface area contributed by atoms with Crippen molar-refractivity contribution in [3.8, 4) is 11.5 Å². The number of nitrogens with one attached hydrogen (secondary N) is 1. The second-order valence-corrected chi connectivity index (χ2v) is 8.29. The minimum Gasteiger partial charge on any atom is -0.497 e. The molecular formula is C28H30N2O4. The molecule has 0 aliphatic carbocycles. The van der Waals surface area contributed by atoms with Crippen LogP contribution in [0.2, 0.25) is 0 Å². The number of carbonyl (C=O) groups is 2. The predicted molar refractivity (Wildman–Crippen MR) is 133 cm³/mol. The van der Waals surface area contributed by atoms with E-state index >= 15 is 0 Å². The zero-order valence-electron chi connectivity index (χ0n) is 19.8. The summed E-state index contributed by atoms with van der Waals surface area (Å²) in [6.07, 6.45) is 1.55. The first kappa shape index (κ1) is 23.4. The van der Waals surface area contributed by atoms with E-state index in [9.17, 15) is 9.59 Å². The predicted octanol–water partition coefficient (Wildman–Crippen LogP) is 5.39. The Hall–Kier alpha value is -3.80. The van der Waals surface area contributed by atoms with E-state index < -0.39 is 12.0 Å². The van der Waals surface area contributed by atoms with Crippen LogP contribution in [0.15, 0.2) is 72.8 Å². The number of aryl methyl sites for hydroxylation is 1. The molecule has 6 nitrogen and oxygen atoms in total. The molecule has 1 saturated heterocycles. The number of rotatable bonds is 7. The second kappa shape index (κ2) is 10.4. The molecule has 3 aromatic rings. The molecule has 1 heterocycles. The van der Waals surface area contributed by atoms with E-state index in [0.29, 0.717) is 23.6 Å². The van der Waals surface area contributed by atoms with Gasteiger partial charge in [0.2, 0.25) is 11.8 Å². The fourth-order valence-corrected chi connectivity index (χ4v) is 4.66. The molecule has 0 saturated carbocycles. The van der Waals surface area contributed by atoms with Crippen molar-refractivity contribution in [2.24, 2.45) is 5.92 Å². The Morgan fingerprint density at radius 1 is 0.971 bits per heavy atom. The molecule has 34 heavy (non-hydrogen) atoms. The van der Waals surface area contributed by atoms with E-state index in [4.69, 9.17) is 9.47 Å². The highest BCUT2D eigenvalue weighted by atomic mass is 16.5. The Bertz CT molecular complexity index is 1160. The molecule has 0 spiro atoms. The van der Waals surface area contributed by atoms with Gasteiger partial charge in [0.25, 0.3) is 0 Å². The van der Waals surface area contributed by atoms with Crippen molar-refractivity contribution in [3.63, 3.8) is 0 Å². The number of para-hydroxylation sites is 2. The molecule has 176 valence electrons. The molecule has 1 fully saturated rings. The van der Waals surface area contributed by atoms with Crippen LogP contribution in [0.3, 0.4) is 0 Å². The molecule has 0 radical (unpaired) electrons. The van der Waals surface area contributed by atoms with Crippen molar-refractivity contribution in [3.05, 3.63) is 83.9 Å². The molecule has 6 heteroatoms. The van der Waals surface area contributed by atoms with Crippen molar-refractivity contribution in [2.45, 2.75) is 32.2 Å². The van der Waals surface area contributed by atoms with Crippen LogP contribution in [-0.4, -0.2) is 26.0 Å². The average molecular weight is 459 g/mol. The number of ether oxygens (including phenoxy) is 2. The molecule has 4 rings (SSSR count). The number of hydrogen-bond donors (Lipinski definition) is 1. The first-order valence-corrected chi connectivity index (χ1v) is 11.5. The molecular weight excluding hydrogens is 428 g/mol. The smallest absolute Gasteiger partial charge is 0.229 e. The molecule has 0 aromatic heterocycles. The summed E-state index contributed by atoms with van der Waals surface area (Å²) in [5.74, 6) is 0.753. The van der Waals surface area contributed by atoms with E-state index in [-0.39, 0.29) is 18.2 Å². The monoisotopic (exact) mass is 458 g/mol. The zero-order chi connectivity index (χ0) is 24.1. The summed E-state index contributed by atoms with van der Waals surface area (Å²) in [7, 11) is 3.21. The summed E-state index contributed by atoms with van der Waals surface area (Å²) < 4.78 is 10.9. The number of hydrogen-bond acceptors (Lipinski definition) is 4. The summed E-state index contributed by atoms with van der Waals surface area (Å²) in [6, 6.07) is 22.2. The van der Waals surface area contributed by atoms with Crippen molar-refractivity contribution >= 4 is 23.2 Å². The Balaban J connectivity index is 1.78. The summed E-state index contributed by atoms with van der Waals surface area (Å²) in [4.78, 5) is 28.7. The standard InChI is InChI=1S/C28H30N2O4/c1-4-19-9-5-7-11-24(19)29-28(32)23-17-18-26(31)30(20-13-15-21(33-2)16-14-20)27(23)22-10-6-8-12-25(22)34-3/h5-16,23,27H,4,17-18H2,1-3H3,(H,29,32). The Morgan fingerprint density at radius 3 is 2.38 bits per heavy atom. The maximum atomic E-state index is 13.7. The Kier molecular flexibility index (Phi) is 7.16. The highest BCUT2D eigenvalue weighted by molar-refractivity contribution is 6.00. The topological polar surface area (TPSA) is 67.9 Å². The van der Waals surface area contributed by atoms with Crippen molar-refractivity contribution < 1.29 is 19.1 Å². The van der Waals surface area contributed by atoms with Gasteiger partial charge in [-0.05, 0) is 54.8 Å². The van der Waals surface area contributed by atoms with Gasteiger partial charge >= 0.3 is 0 Å². The van der Waals surface area contributed by atoms with Crippen LogP contribution >= 0.6 is 0 Å². The van der Waals surface area contributed by atoms with E-state index in [1.54, 1.807) is 19.1 Å². The molecule has 2 unspecified atom stereocenters. The number of carbonyl (C=O) groups excluding carboxylic acids is 2. The van der Waals surface area contributed by atoms with Crippen LogP contribution in [0.4, 0.5) is 11.4 Å². The maximum Gasteiger partial charge on any atom is 0.229 e. The second-order valence-electron chi connectivity index (χ2n) is 8.29. The largest absolute Gasteiger partial charge is 0.497 e. The van der Waals surface area contributed by atoms with Gasteiger partial charge in [0.1, 0.15) is 11.5 Å². The number of amides is 2. The quantitative estimate of drug-likeness (QED) is 0.516. The van der Waals surface area contributed by atoms with Gasteiger partial charge in [0.15, 0.2) is 0 Å². The van der Waals surface area contributed by atoms with Gasteiger partial charge in [-0.25, -0.2) is 0 Å². The van der Waals surface area contributed by atoms with Crippen LogP contribution in [0.25, 0.3) is 0 Å². The number of piperidine rings is 1. The summed E-state index contributed by atoms with van der Waals surface area (Å²) in [6.45, 7) is 2.06. The summed E-state index contributed by atoms with van der Waals surface area (Å²) in [5, 5.41) is 3.14. The number of benzene rings is 3. The average Bonchev–Trinajstić information content (AvgIpc) is 2.88. The highest BCUT2D eigenvalue weighted by Crippen LogP contribution is 2.43. The highest BCUT2D eigenvalue weighted by Gasteiger charge is 2.42. The van der Waals surface area contributed by atoms with Crippen LogP contribution in [0.5, 0.6) is 11.5 Å². The third-order valence-corrected chi connectivity index (χ3v) is 6.40. The fourth-order valence-electron chi connectivity index (χ4n) is 4.66. The van der Waals surface area contributed by atoms with E-state index in [0.717, 1.165) is 23.2 Å². The molecule has 1 N–H and O–H groups in total. The van der Waals surface area contributed by atoms with Crippen molar-refractivity contribution in [2.75, 3.05) is 24.4 Å². The first-order chi connectivity index (χ1) is 16.6. The number of nitrogens with zero attached hydrogens (tertiary/aromatic N) is 1.